The summed E-state index contributed by atoms with van der Waals surface area (Å²) in [6, 6.07) is 0. The molecule has 110 valence electrons. The molecule has 19 heavy (non-hydrogen) atoms. The van der Waals surface area contributed by atoms with E-state index < -0.39 is 5.79 Å². The zero-order chi connectivity index (χ0) is 13.9. The Labute approximate surface area is 115 Å². The maximum absolute atomic E-state index is 12.1. The van der Waals surface area contributed by atoms with Crippen molar-refractivity contribution >= 4 is 5.97 Å². The molecular weight excluding hydrogens is 244 g/mol. The number of hydrogen-bond acceptors (Lipinski definition) is 4. The van der Waals surface area contributed by atoms with E-state index in [0.717, 1.165) is 19.3 Å². The third-order valence-corrected chi connectivity index (χ3v) is 4.14. The normalized spacial score (nSPS) is 34.8. The summed E-state index contributed by atoms with van der Waals surface area (Å²) >= 11 is 0. The van der Waals surface area contributed by atoms with E-state index in [1.807, 2.05) is 6.92 Å². The second-order valence-electron chi connectivity index (χ2n) is 6.15. The molecule has 0 bridgehead atoms. The van der Waals surface area contributed by atoms with Gasteiger partial charge in [0.05, 0.1) is 25.7 Å². The van der Waals surface area contributed by atoms with Gasteiger partial charge in [0.25, 0.3) is 0 Å². The third-order valence-electron chi connectivity index (χ3n) is 4.14. The van der Waals surface area contributed by atoms with Gasteiger partial charge in [-0.1, -0.05) is 13.8 Å². The van der Waals surface area contributed by atoms with E-state index in [9.17, 15) is 4.79 Å². The molecule has 1 heterocycles. The molecule has 1 aliphatic heterocycles. The second kappa shape index (κ2) is 6.23. The van der Waals surface area contributed by atoms with Crippen LogP contribution < -0.4 is 0 Å². The highest BCUT2D eigenvalue weighted by atomic mass is 16.7. The number of esters is 1. The van der Waals surface area contributed by atoms with Gasteiger partial charge in [-0.15, -0.1) is 0 Å². The molecule has 4 heteroatoms. The van der Waals surface area contributed by atoms with E-state index in [0.29, 0.717) is 38.1 Å². The molecule has 0 aromatic rings. The average Bonchev–Trinajstić information content (AvgIpc) is 2.75. The number of ether oxygens (including phenoxy) is 3. The van der Waals surface area contributed by atoms with Crippen LogP contribution in [0.1, 0.15) is 46.5 Å². The molecule has 1 saturated carbocycles. The number of carbonyl (C=O) groups excluding carboxylic acids is 1. The Balaban J connectivity index is 2.11. The van der Waals surface area contributed by atoms with E-state index in [1.165, 1.54) is 0 Å². The van der Waals surface area contributed by atoms with E-state index in [4.69, 9.17) is 14.2 Å². The molecule has 0 N–H and O–H groups in total. The van der Waals surface area contributed by atoms with Crippen LogP contribution in [0.3, 0.4) is 0 Å². The number of carbonyl (C=O) groups is 1. The second-order valence-corrected chi connectivity index (χ2v) is 6.15. The summed E-state index contributed by atoms with van der Waals surface area (Å²) in [6.45, 7) is 8.03. The standard InChI is InChI=1S/C15H26O4/c1-4-17-14(16)13-8-11(2)7-12(3)9-15(10-13)18-5-6-19-15/h11-13H,4-10H2,1-3H3. The van der Waals surface area contributed by atoms with Crippen molar-refractivity contribution in [2.45, 2.75) is 52.2 Å². The van der Waals surface area contributed by atoms with Crippen LogP contribution in [0.5, 0.6) is 0 Å². The zero-order valence-electron chi connectivity index (χ0n) is 12.3. The summed E-state index contributed by atoms with van der Waals surface area (Å²) in [5.74, 6) is 0.374. The molecule has 0 aromatic carbocycles. The minimum atomic E-state index is -0.545. The van der Waals surface area contributed by atoms with Crippen molar-refractivity contribution in [1.82, 2.24) is 0 Å². The van der Waals surface area contributed by atoms with Crippen LogP contribution in [0.15, 0.2) is 0 Å². The van der Waals surface area contributed by atoms with Crippen LogP contribution in [0.25, 0.3) is 0 Å². The molecule has 1 spiro atoms. The van der Waals surface area contributed by atoms with Crippen LogP contribution in [-0.2, 0) is 19.0 Å². The van der Waals surface area contributed by atoms with Crippen molar-refractivity contribution in [1.29, 1.82) is 0 Å². The first-order valence-electron chi connectivity index (χ1n) is 7.49. The fraction of sp³-hybridized carbons (Fsp3) is 0.933. The topological polar surface area (TPSA) is 44.8 Å². The first-order valence-corrected chi connectivity index (χ1v) is 7.49. The fourth-order valence-electron chi connectivity index (χ4n) is 3.60. The Morgan fingerprint density at radius 3 is 2.47 bits per heavy atom. The van der Waals surface area contributed by atoms with E-state index >= 15 is 0 Å². The SMILES string of the molecule is CCOC(=O)C1CC(C)CC(C)CC2(C1)OCCO2. The highest BCUT2D eigenvalue weighted by Gasteiger charge is 2.44. The van der Waals surface area contributed by atoms with E-state index in [-0.39, 0.29) is 11.9 Å². The Hall–Kier alpha value is -0.610. The lowest BCUT2D eigenvalue weighted by Gasteiger charge is -2.36. The Bertz CT molecular complexity index is 309. The van der Waals surface area contributed by atoms with Crippen molar-refractivity contribution in [2.75, 3.05) is 19.8 Å². The highest BCUT2D eigenvalue weighted by Crippen LogP contribution is 2.40. The van der Waals surface area contributed by atoms with Crippen molar-refractivity contribution in [2.24, 2.45) is 17.8 Å². The molecule has 4 nitrogen and oxygen atoms in total. The molecule has 1 saturated heterocycles. The lowest BCUT2D eigenvalue weighted by Crippen LogP contribution is -2.40. The first kappa shape index (κ1) is 14.8. The quantitative estimate of drug-likeness (QED) is 0.724. The van der Waals surface area contributed by atoms with Gasteiger partial charge in [0.1, 0.15) is 0 Å². The van der Waals surface area contributed by atoms with Crippen molar-refractivity contribution in [3.8, 4) is 0 Å². The van der Waals surface area contributed by atoms with Gasteiger partial charge in [0.2, 0.25) is 0 Å². The highest BCUT2D eigenvalue weighted by molar-refractivity contribution is 5.72. The molecule has 3 atom stereocenters. The lowest BCUT2D eigenvalue weighted by atomic mass is 9.78. The predicted octanol–water partition coefficient (Wildman–Crippen LogP) is 2.76. The van der Waals surface area contributed by atoms with Crippen LogP contribution in [0.2, 0.25) is 0 Å². The van der Waals surface area contributed by atoms with Crippen molar-refractivity contribution in [3.63, 3.8) is 0 Å². The lowest BCUT2D eigenvalue weighted by molar-refractivity contribution is -0.194. The van der Waals surface area contributed by atoms with Gasteiger partial charge in [-0.3, -0.25) is 4.79 Å². The number of hydrogen-bond donors (Lipinski definition) is 0. The van der Waals surface area contributed by atoms with Crippen LogP contribution in [0.4, 0.5) is 0 Å². The maximum Gasteiger partial charge on any atom is 0.309 e. The fourth-order valence-corrected chi connectivity index (χ4v) is 3.60. The minimum Gasteiger partial charge on any atom is -0.466 e. The third kappa shape index (κ3) is 3.69. The van der Waals surface area contributed by atoms with Gasteiger partial charge < -0.3 is 14.2 Å². The molecule has 2 fully saturated rings. The van der Waals surface area contributed by atoms with Gasteiger partial charge in [0, 0.05) is 12.8 Å². The summed E-state index contributed by atoms with van der Waals surface area (Å²) in [5.41, 5.74) is 0. The summed E-state index contributed by atoms with van der Waals surface area (Å²) in [6.07, 6.45) is 3.51. The van der Waals surface area contributed by atoms with Gasteiger partial charge in [0.15, 0.2) is 5.79 Å². The van der Waals surface area contributed by atoms with Gasteiger partial charge >= 0.3 is 5.97 Å². The molecule has 2 rings (SSSR count). The summed E-state index contributed by atoms with van der Waals surface area (Å²) in [4.78, 5) is 12.1. The molecule has 3 unspecified atom stereocenters. The van der Waals surface area contributed by atoms with Gasteiger partial charge in [-0.2, -0.15) is 0 Å². The Morgan fingerprint density at radius 2 is 1.84 bits per heavy atom. The largest absolute Gasteiger partial charge is 0.466 e. The summed E-state index contributed by atoms with van der Waals surface area (Å²) in [7, 11) is 0. The summed E-state index contributed by atoms with van der Waals surface area (Å²) < 4.78 is 16.9. The first-order chi connectivity index (χ1) is 9.04. The molecule has 2 aliphatic rings. The van der Waals surface area contributed by atoms with Gasteiger partial charge in [-0.05, 0) is 31.6 Å². The van der Waals surface area contributed by atoms with E-state index in [2.05, 4.69) is 13.8 Å². The smallest absolute Gasteiger partial charge is 0.309 e. The molecule has 0 radical (unpaired) electrons. The van der Waals surface area contributed by atoms with Crippen molar-refractivity contribution in [3.05, 3.63) is 0 Å². The van der Waals surface area contributed by atoms with Crippen molar-refractivity contribution < 1.29 is 19.0 Å². The molecule has 0 aromatic heterocycles. The average molecular weight is 270 g/mol. The van der Waals surface area contributed by atoms with Gasteiger partial charge in [-0.25, -0.2) is 0 Å². The van der Waals surface area contributed by atoms with Crippen LogP contribution >= 0.6 is 0 Å². The number of rotatable bonds is 2. The molecular formula is C15H26O4. The van der Waals surface area contributed by atoms with Crippen LogP contribution in [0, 0.1) is 17.8 Å². The molecule has 1 aliphatic carbocycles. The zero-order valence-corrected chi connectivity index (χ0v) is 12.3. The molecule has 0 amide bonds. The monoisotopic (exact) mass is 270 g/mol. The van der Waals surface area contributed by atoms with E-state index in [1.54, 1.807) is 0 Å². The summed E-state index contributed by atoms with van der Waals surface area (Å²) in [5, 5.41) is 0. The minimum absolute atomic E-state index is 0.0950. The Morgan fingerprint density at radius 1 is 1.16 bits per heavy atom. The predicted molar refractivity (Wildman–Crippen MR) is 71.6 cm³/mol. The maximum atomic E-state index is 12.1. The Kier molecular flexibility index (Phi) is 4.85. The van der Waals surface area contributed by atoms with Crippen LogP contribution in [-0.4, -0.2) is 31.6 Å².